The van der Waals surface area contributed by atoms with Gasteiger partial charge in [-0.2, -0.15) is 0 Å². The van der Waals surface area contributed by atoms with E-state index in [1.165, 1.54) is 0 Å². The lowest BCUT2D eigenvalue weighted by molar-refractivity contribution is 0.757. The highest BCUT2D eigenvalue weighted by atomic mass is 16.1. The molecule has 0 aliphatic carbocycles. The van der Waals surface area contributed by atoms with Gasteiger partial charge in [0.05, 0.1) is 6.54 Å². The molecule has 0 radical (unpaired) electrons. The SMILES string of the molecule is CCc1cn(Cc2ccccc2)c(=O)c2ncccc12. The molecule has 0 N–H and O–H groups in total. The summed E-state index contributed by atoms with van der Waals surface area (Å²) < 4.78 is 1.75. The van der Waals surface area contributed by atoms with Gasteiger partial charge in [0, 0.05) is 17.8 Å². The molecule has 0 amide bonds. The van der Waals surface area contributed by atoms with E-state index in [-0.39, 0.29) is 5.56 Å². The Hall–Kier alpha value is -2.42. The number of rotatable bonds is 3. The van der Waals surface area contributed by atoms with Crippen molar-refractivity contribution < 1.29 is 0 Å². The Labute approximate surface area is 117 Å². The summed E-state index contributed by atoms with van der Waals surface area (Å²) in [6, 6.07) is 13.9. The third-order valence-electron chi connectivity index (χ3n) is 3.51. The maximum Gasteiger partial charge on any atom is 0.277 e. The summed E-state index contributed by atoms with van der Waals surface area (Å²) in [6.45, 7) is 2.68. The number of hydrogen-bond acceptors (Lipinski definition) is 2. The van der Waals surface area contributed by atoms with Crippen LogP contribution in [0.25, 0.3) is 10.9 Å². The highest BCUT2D eigenvalue weighted by Gasteiger charge is 2.08. The van der Waals surface area contributed by atoms with Crippen LogP contribution in [-0.2, 0) is 13.0 Å². The van der Waals surface area contributed by atoms with E-state index >= 15 is 0 Å². The van der Waals surface area contributed by atoms with Gasteiger partial charge in [0.2, 0.25) is 0 Å². The van der Waals surface area contributed by atoms with E-state index in [9.17, 15) is 4.79 Å². The molecule has 3 aromatic rings. The molecule has 0 saturated carbocycles. The molecule has 0 aliphatic heterocycles. The van der Waals surface area contributed by atoms with Crippen molar-refractivity contribution in [3.05, 3.63) is 76.3 Å². The molecule has 100 valence electrons. The quantitative estimate of drug-likeness (QED) is 0.729. The van der Waals surface area contributed by atoms with Crippen molar-refractivity contribution >= 4 is 10.9 Å². The molecule has 3 rings (SSSR count). The Morgan fingerprint density at radius 3 is 2.65 bits per heavy atom. The Morgan fingerprint density at radius 1 is 1.10 bits per heavy atom. The molecule has 0 saturated heterocycles. The van der Waals surface area contributed by atoms with Gasteiger partial charge in [0.15, 0.2) is 0 Å². The Bertz CT molecular complexity index is 791. The number of hydrogen-bond donors (Lipinski definition) is 0. The van der Waals surface area contributed by atoms with Gasteiger partial charge in [-0.05, 0) is 23.6 Å². The van der Waals surface area contributed by atoms with Crippen LogP contribution in [0.4, 0.5) is 0 Å². The second-order valence-corrected chi connectivity index (χ2v) is 4.83. The van der Waals surface area contributed by atoms with Crippen LogP contribution in [0.15, 0.2) is 59.7 Å². The van der Waals surface area contributed by atoms with Crippen LogP contribution in [0.3, 0.4) is 0 Å². The summed E-state index contributed by atoms with van der Waals surface area (Å²) in [5.74, 6) is 0. The number of fused-ring (bicyclic) bond motifs is 1. The minimum absolute atomic E-state index is 0.0262. The van der Waals surface area contributed by atoms with Crippen molar-refractivity contribution in [2.45, 2.75) is 19.9 Å². The van der Waals surface area contributed by atoms with E-state index in [0.29, 0.717) is 12.1 Å². The maximum atomic E-state index is 12.5. The number of aryl methyl sites for hydroxylation is 1. The molecular formula is C17H16N2O. The van der Waals surface area contributed by atoms with Gasteiger partial charge in [0.25, 0.3) is 5.56 Å². The van der Waals surface area contributed by atoms with Gasteiger partial charge in [-0.25, -0.2) is 0 Å². The van der Waals surface area contributed by atoms with Crippen LogP contribution < -0.4 is 5.56 Å². The smallest absolute Gasteiger partial charge is 0.277 e. The first-order valence-corrected chi connectivity index (χ1v) is 6.80. The summed E-state index contributed by atoms with van der Waals surface area (Å²) in [5.41, 5.74) is 2.81. The zero-order chi connectivity index (χ0) is 13.9. The molecule has 0 fully saturated rings. The molecule has 20 heavy (non-hydrogen) atoms. The van der Waals surface area contributed by atoms with Crippen LogP contribution in [0, 0.1) is 0 Å². The zero-order valence-electron chi connectivity index (χ0n) is 11.4. The first kappa shape index (κ1) is 12.6. The monoisotopic (exact) mass is 264 g/mol. The average Bonchev–Trinajstić information content (AvgIpc) is 2.51. The fourth-order valence-electron chi connectivity index (χ4n) is 2.47. The number of pyridine rings is 2. The standard InChI is InChI=1S/C17H16N2O/c1-2-14-12-19(11-13-7-4-3-5-8-13)17(20)16-15(14)9-6-10-18-16/h3-10,12H,2,11H2,1H3. The summed E-state index contributed by atoms with van der Waals surface area (Å²) in [5, 5.41) is 0.962. The molecule has 3 heteroatoms. The minimum atomic E-state index is -0.0262. The van der Waals surface area contributed by atoms with Crippen molar-refractivity contribution in [1.29, 1.82) is 0 Å². The summed E-state index contributed by atoms with van der Waals surface area (Å²) >= 11 is 0. The first-order valence-electron chi connectivity index (χ1n) is 6.80. The third kappa shape index (κ3) is 2.23. The zero-order valence-corrected chi connectivity index (χ0v) is 11.4. The van der Waals surface area contributed by atoms with Crippen LogP contribution in [0.5, 0.6) is 0 Å². The van der Waals surface area contributed by atoms with E-state index in [1.54, 1.807) is 10.8 Å². The lowest BCUT2D eigenvalue weighted by Crippen LogP contribution is -2.22. The fourth-order valence-corrected chi connectivity index (χ4v) is 2.47. The second kappa shape index (κ2) is 5.29. The third-order valence-corrected chi connectivity index (χ3v) is 3.51. The van der Waals surface area contributed by atoms with Crippen molar-refractivity contribution in [2.75, 3.05) is 0 Å². The van der Waals surface area contributed by atoms with Crippen LogP contribution in [-0.4, -0.2) is 9.55 Å². The van der Waals surface area contributed by atoms with Gasteiger partial charge in [-0.3, -0.25) is 9.78 Å². The van der Waals surface area contributed by atoms with Crippen LogP contribution in [0.2, 0.25) is 0 Å². The van der Waals surface area contributed by atoms with Gasteiger partial charge in [-0.15, -0.1) is 0 Å². The first-order chi connectivity index (χ1) is 9.79. The largest absolute Gasteiger partial charge is 0.309 e. The normalized spacial score (nSPS) is 10.8. The number of aromatic nitrogens is 2. The summed E-state index contributed by atoms with van der Waals surface area (Å²) in [7, 11) is 0. The van der Waals surface area contributed by atoms with Gasteiger partial charge >= 0.3 is 0 Å². The van der Waals surface area contributed by atoms with Gasteiger partial charge in [-0.1, -0.05) is 43.3 Å². The predicted molar refractivity (Wildman–Crippen MR) is 80.9 cm³/mol. The molecule has 2 heterocycles. The van der Waals surface area contributed by atoms with Gasteiger partial charge in [0.1, 0.15) is 5.52 Å². The maximum absolute atomic E-state index is 12.5. The van der Waals surface area contributed by atoms with Gasteiger partial charge < -0.3 is 4.57 Å². The molecule has 0 unspecified atom stereocenters. The van der Waals surface area contributed by atoms with Crippen molar-refractivity contribution in [3.8, 4) is 0 Å². The Balaban J connectivity index is 2.17. The van der Waals surface area contributed by atoms with E-state index in [2.05, 4.69) is 11.9 Å². The summed E-state index contributed by atoms with van der Waals surface area (Å²) in [6.07, 6.45) is 4.52. The average molecular weight is 264 g/mol. The summed E-state index contributed by atoms with van der Waals surface area (Å²) in [4.78, 5) is 16.8. The molecule has 2 aromatic heterocycles. The van der Waals surface area contributed by atoms with Crippen molar-refractivity contribution in [1.82, 2.24) is 9.55 Å². The highest BCUT2D eigenvalue weighted by Crippen LogP contribution is 2.14. The Morgan fingerprint density at radius 2 is 1.90 bits per heavy atom. The number of benzene rings is 1. The fraction of sp³-hybridized carbons (Fsp3) is 0.176. The van der Waals surface area contributed by atoms with E-state index < -0.39 is 0 Å². The topological polar surface area (TPSA) is 34.9 Å². The minimum Gasteiger partial charge on any atom is -0.309 e. The molecule has 0 aliphatic rings. The lowest BCUT2D eigenvalue weighted by atomic mass is 10.1. The molecule has 0 spiro atoms. The molecule has 1 aromatic carbocycles. The predicted octanol–water partition coefficient (Wildman–Crippen LogP) is 3.01. The van der Waals surface area contributed by atoms with Crippen LogP contribution >= 0.6 is 0 Å². The molecule has 0 atom stereocenters. The second-order valence-electron chi connectivity index (χ2n) is 4.83. The Kier molecular flexibility index (Phi) is 3.33. The highest BCUT2D eigenvalue weighted by molar-refractivity contribution is 5.80. The van der Waals surface area contributed by atoms with Crippen molar-refractivity contribution in [3.63, 3.8) is 0 Å². The van der Waals surface area contributed by atoms with Crippen molar-refractivity contribution in [2.24, 2.45) is 0 Å². The van der Waals surface area contributed by atoms with E-state index in [0.717, 1.165) is 22.9 Å². The molecule has 0 bridgehead atoms. The molecule has 3 nitrogen and oxygen atoms in total. The van der Waals surface area contributed by atoms with E-state index in [1.807, 2.05) is 48.7 Å². The lowest BCUT2D eigenvalue weighted by Gasteiger charge is -2.10. The molecular weight excluding hydrogens is 248 g/mol. The van der Waals surface area contributed by atoms with E-state index in [4.69, 9.17) is 0 Å². The number of nitrogens with zero attached hydrogens (tertiary/aromatic N) is 2. The van der Waals surface area contributed by atoms with Crippen LogP contribution in [0.1, 0.15) is 18.1 Å².